The van der Waals surface area contributed by atoms with Crippen LogP contribution in [-0.2, 0) is 26.4 Å². The van der Waals surface area contributed by atoms with E-state index in [9.17, 15) is 0 Å². The van der Waals surface area contributed by atoms with Gasteiger partial charge in [0.25, 0.3) is 0 Å². The summed E-state index contributed by atoms with van der Waals surface area (Å²) in [6.07, 6.45) is 3.85. The van der Waals surface area contributed by atoms with Crippen molar-refractivity contribution in [2.75, 3.05) is 0 Å². The first-order valence-electron chi connectivity index (χ1n) is 20.3. The summed E-state index contributed by atoms with van der Waals surface area (Å²) in [7, 11) is 2.14. The summed E-state index contributed by atoms with van der Waals surface area (Å²) in [5.41, 5.74) is 10.8. The molecular formula is C49H40N4OPt. The maximum Gasteiger partial charge on any atom is 0.0374 e. The molecule has 3 aromatic heterocycles. The van der Waals surface area contributed by atoms with Crippen LogP contribution in [0, 0.1) is 10.7 Å². The van der Waals surface area contributed by atoms with Crippen LogP contribution in [0.2, 0.25) is 0 Å². The van der Waals surface area contributed by atoms with E-state index in [0.29, 0.717) is 23.0 Å². The number of para-hydroxylation sites is 2. The molecule has 0 fully saturated rings. The van der Waals surface area contributed by atoms with Crippen LogP contribution in [0.3, 0.4) is 0 Å². The maximum atomic E-state index is 8.57. The number of nitrogens with zero attached hydrogens (tertiary/aromatic N) is 4. The van der Waals surface area contributed by atoms with E-state index >= 15 is 0 Å². The SMILES string of the molecule is [2H]C([2H])([2H])c1cc(-n2c3ccc(-c4ccccc4)cc3c3ccc(Oc4ccc5c(c4)C(n4[c](=[Pt])n(C)c6ccccc64)CCC5C)cc32)ncc1-c1ccccc1. The van der Waals surface area contributed by atoms with Gasteiger partial charge in [0.05, 0.1) is 0 Å². The smallest absolute Gasteiger partial charge is 0.0374 e. The molecule has 0 aliphatic heterocycles. The molecule has 6 heteroatoms. The van der Waals surface area contributed by atoms with Crippen molar-refractivity contribution in [3.05, 3.63) is 172 Å². The van der Waals surface area contributed by atoms with Crippen molar-refractivity contribution in [2.24, 2.45) is 7.05 Å². The maximum absolute atomic E-state index is 8.57. The third-order valence-electron chi connectivity index (χ3n) is 11.4. The van der Waals surface area contributed by atoms with Gasteiger partial charge in [-0.15, -0.1) is 0 Å². The number of pyridine rings is 1. The van der Waals surface area contributed by atoms with Crippen molar-refractivity contribution in [1.29, 1.82) is 0 Å². The van der Waals surface area contributed by atoms with Gasteiger partial charge in [0.2, 0.25) is 0 Å². The van der Waals surface area contributed by atoms with Crippen LogP contribution in [0.15, 0.2) is 152 Å². The Morgan fingerprint density at radius 1 is 0.655 bits per heavy atom. The Bertz CT molecular complexity index is 3090. The zero-order chi connectivity index (χ0) is 39.7. The fourth-order valence-electron chi connectivity index (χ4n) is 8.60. The predicted molar refractivity (Wildman–Crippen MR) is 221 cm³/mol. The Morgan fingerprint density at radius 2 is 1.38 bits per heavy atom. The molecule has 0 saturated carbocycles. The number of hydrogen-bond donors (Lipinski definition) is 0. The fourth-order valence-corrected chi connectivity index (χ4v) is 9.50. The second kappa shape index (κ2) is 13.5. The largest absolute Gasteiger partial charge is 0.238 e. The van der Waals surface area contributed by atoms with Crippen molar-refractivity contribution in [1.82, 2.24) is 18.7 Å². The van der Waals surface area contributed by atoms with Gasteiger partial charge in [0.1, 0.15) is 0 Å². The number of rotatable bonds is 6. The van der Waals surface area contributed by atoms with E-state index in [1.54, 1.807) is 12.3 Å². The first-order valence-corrected chi connectivity index (χ1v) is 19.9. The molecule has 0 bridgehead atoms. The molecule has 6 aromatic carbocycles. The summed E-state index contributed by atoms with van der Waals surface area (Å²) in [5.74, 6) is 2.44. The standard InChI is InChI=1S/C49H40N4O.Pt/c1-32-18-24-44(52-31-51(3)46-16-10-11-17-47(46)52)42-28-37(20-22-39(32)42)54-38-21-23-40-41-27-36(34-12-6-4-7-13-34)19-25-45(41)53(48(40)29-38)49-26-33(2)43(30-50-49)35-14-8-5-9-15-35;/h4-17,19-23,25-30,32,44H,18,24H2,1-3H3;/i2D3;. The van der Waals surface area contributed by atoms with Gasteiger partial charge in [0, 0.05) is 15.9 Å². The summed E-state index contributed by atoms with van der Waals surface area (Å²) in [4.78, 5) is 4.96. The molecule has 55 heavy (non-hydrogen) atoms. The predicted octanol–water partition coefficient (Wildman–Crippen LogP) is 12.5. The van der Waals surface area contributed by atoms with E-state index in [2.05, 4.69) is 132 Å². The molecule has 0 N–H and O–H groups in total. The Labute approximate surface area is 335 Å². The molecule has 0 saturated heterocycles. The molecule has 0 amide bonds. The monoisotopic (exact) mass is 898 g/mol. The molecule has 1 aliphatic carbocycles. The zero-order valence-electron chi connectivity index (χ0n) is 33.5. The number of aromatic nitrogens is 4. The van der Waals surface area contributed by atoms with E-state index in [4.69, 9.17) is 13.8 Å². The van der Waals surface area contributed by atoms with Gasteiger partial charge in [-0.3, -0.25) is 0 Å². The fraction of sp³-hybridized carbons (Fsp3) is 0.143. The van der Waals surface area contributed by atoms with Crippen molar-refractivity contribution in [3.63, 3.8) is 0 Å². The van der Waals surface area contributed by atoms with Crippen LogP contribution in [0.25, 0.3) is 60.9 Å². The Morgan fingerprint density at radius 3 is 2.18 bits per heavy atom. The van der Waals surface area contributed by atoms with Crippen LogP contribution in [0.1, 0.15) is 52.5 Å². The number of imidazole rings is 1. The van der Waals surface area contributed by atoms with Crippen LogP contribution < -0.4 is 4.74 Å². The molecule has 1 aliphatic rings. The van der Waals surface area contributed by atoms with E-state index < -0.39 is 6.85 Å². The average Bonchev–Trinajstić information content (AvgIpc) is 3.70. The molecular weight excluding hydrogens is 856 g/mol. The van der Waals surface area contributed by atoms with E-state index in [1.165, 1.54) is 26.0 Å². The summed E-state index contributed by atoms with van der Waals surface area (Å²) >= 11 is 2.46. The molecule has 272 valence electrons. The molecule has 9 aromatic rings. The molecule has 5 nitrogen and oxygen atoms in total. The summed E-state index contributed by atoms with van der Waals surface area (Å²) in [6.45, 7) is -0.0386. The second-order valence-corrected chi connectivity index (χ2v) is 15.6. The molecule has 10 rings (SSSR count). The van der Waals surface area contributed by atoms with Gasteiger partial charge >= 0.3 is 202 Å². The second-order valence-electron chi connectivity index (χ2n) is 14.6. The van der Waals surface area contributed by atoms with Crippen LogP contribution in [0.4, 0.5) is 0 Å². The van der Waals surface area contributed by atoms with Crippen molar-refractivity contribution in [2.45, 2.75) is 38.6 Å². The Hall–Kier alpha value is -5.77. The normalized spacial score (nSPS) is 16.5. The summed E-state index contributed by atoms with van der Waals surface area (Å²) < 4.78 is 40.5. The van der Waals surface area contributed by atoms with Crippen molar-refractivity contribution >= 4 is 32.8 Å². The first-order chi connectivity index (χ1) is 28.1. The third kappa shape index (κ3) is 5.72. The van der Waals surface area contributed by atoms with Crippen molar-refractivity contribution in [3.8, 4) is 39.6 Å². The first kappa shape index (κ1) is 30.5. The minimum atomic E-state index is -2.36. The van der Waals surface area contributed by atoms with Gasteiger partial charge in [-0.1, -0.05) is 66.7 Å². The van der Waals surface area contributed by atoms with Gasteiger partial charge in [-0.05, 0) is 47.3 Å². The van der Waals surface area contributed by atoms with Gasteiger partial charge in [-0.25, -0.2) is 4.98 Å². The van der Waals surface area contributed by atoms with E-state index in [-0.39, 0.29) is 11.6 Å². The molecule has 2 atom stereocenters. The number of fused-ring (bicyclic) bond motifs is 5. The van der Waals surface area contributed by atoms with Crippen LogP contribution >= 0.6 is 0 Å². The van der Waals surface area contributed by atoms with E-state index in [0.717, 1.165) is 57.1 Å². The zero-order valence-corrected chi connectivity index (χ0v) is 32.8. The van der Waals surface area contributed by atoms with Crippen molar-refractivity contribution < 1.29 is 28.2 Å². The van der Waals surface area contributed by atoms with Gasteiger partial charge < -0.3 is 0 Å². The molecule has 0 radical (unpaired) electrons. The summed E-state index contributed by atoms with van der Waals surface area (Å²) in [6, 6.07) is 49.7. The average molecular weight is 899 g/mol. The molecule has 2 unspecified atom stereocenters. The number of ether oxygens (including phenoxy) is 1. The minimum absolute atomic E-state index is 0.175. The van der Waals surface area contributed by atoms with Gasteiger partial charge in [0.15, 0.2) is 0 Å². The molecule has 3 heterocycles. The van der Waals surface area contributed by atoms with Crippen LogP contribution in [-0.4, -0.2) is 18.7 Å². The molecule has 0 spiro atoms. The quantitative estimate of drug-likeness (QED) is 0.167. The third-order valence-corrected chi connectivity index (χ3v) is 12.7. The summed E-state index contributed by atoms with van der Waals surface area (Å²) in [5, 5.41) is 2.06. The van der Waals surface area contributed by atoms with Crippen LogP contribution in [0.5, 0.6) is 11.5 Å². The van der Waals surface area contributed by atoms with E-state index in [1.807, 2.05) is 54.6 Å². The topological polar surface area (TPSA) is 36.9 Å². The number of aryl methyl sites for hydroxylation is 2. The Kier molecular flexibility index (Phi) is 7.50. The van der Waals surface area contributed by atoms with Gasteiger partial charge in [-0.2, -0.15) is 0 Å². The minimum Gasteiger partial charge on any atom is -0.238 e. The Balaban J connectivity index is 1.12. The number of benzene rings is 6. The number of hydrogen-bond acceptors (Lipinski definition) is 2.